The van der Waals surface area contributed by atoms with E-state index in [-0.39, 0.29) is 6.10 Å². The van der Waals surface area contributed by atoms with Gasteiger partial charge in [-0.2, -0.15) is 15.0 Å². The molecule has 21 heavy (non-hydrogen) atoms. The first-order valence-electron chi connectivity index (χ1n) is 8.00. The Bertz CT molecular complexity index is 452. The minimum atomic E-state index is 0.0458. The van der Waals surface area contributed by atoms with Gasteiger partial charge in [0.25, 0.3) is 0 Å². The highest BCUT2D eigenvalue weighted by Gasteiger charge is 2.20. The van der Waals surface area contributed by atoms with Gasteiger partial charge in [0.2, 0.25) is 11.9 Å². The van der Waals surface area contributed by atoms with Crippen molar-refractivity contribution >= 4 is 11.9 Å². The van der Waals surface area contributed by atoms with Crippen molar-refractivity contribution in [2.75, 3.05) is 17.2 Å². The van der Waals surface area contributed by atoms with Gasteiger partial charge in [-0.15, -0.1) is 0 Å². The summed E-state index contributed by atoms with van der Waals surface area (Å²) >= 11 is 0. The van der Waals surface area contributed by atoms with E-state index in [4.69, 9.17) is 4.74 Å². The summed E-state index contributed by atoms with van der Waals surface area (Å²) in [4.78, 5) is 13.1. The van der Waals surface area contributed by atoms with Gasteiger partial charge in [-0.1, -0.05) is 19.8 Å². The largest absolute Gasteiger partial charge is 0.461 e. The molecule has 1 aliphatic rings. The summed E-state index contributed by atoms with van der Waals surface area (Å²) in [6, 6.07) is 0.819. The van der Waals surface area contributed by atoms with Crippen molar-refractivity contribution < 1.29 is 4.74 Å². The number of nitrogens with one attached hydrogen (secondary N) is 2. The third-order valence-electron chi connectivity index (χ3n) is 3.56. The number of hydrogen-bond donors (Lipinski definition) is 2. The molecular formula is C15H27N5O. The van der Waals surface area contributed by atoms with E-state index >= 15 is 0 Å². The smallest absolute Gasteiger partial charge is 0.323 e. The lowest BCUT2D eigenvalue weighted by Crippen LogP contribution is -2.27. The lowest BCUT2D eigenvalue weighted by atomic mass is 9.87. The molecule has 1 aromatic rings. The van der Waals surface area contributed by atoms with Crippen LogP contribution in [-0.2, 0) is 0 Å². The lowest BCUT2D eigenvalue weighted by molar-refractivity contribution is 0.222. The van der Waals surface area contributed by atoms with Crippen LogP contribution >= 0.6 is 0 Å². The SMILES string of the molecule is CCNc1nc(NC2CCCC(C)C2)nc(OC(C)C)n1. The Labute approximate surface area is 127 Å². The van der Waals surface area contributed by atoms with Gasteiger partial charge in [-0.3, -0.25) is 0 Å². The molecule has 2 rings (SSSR count). The molecule has 1 fully saturated rings. The first kappa shape index (κ1) is 15.8. The van der Waals surface area contributed by atoms with Crippen LogP contribution in [0.15, 0.2) is 0 Å². The van der Waals surface area contributed by atoms with Gasteiger partial charge in [-0.05, 0) is 39.5 Å². The van der Waals surface area contributed by atoms with Gasteiger partial charge in [-0.25, -0.2) is 0 Å². The number of hydrogen-bond acceptors (Lipinski definition) is 6. The van der Waals surface area contributed by atoms with Gasteiger partial charge < -0.3 is 15.4 Å². The number of nitrogens with zero attached hydrogens (tertiary/aromatic N) is 3. The highest BCUT2D eigenvalue weighted by Crippen LogP contribution is 2.26. The monoisotopic (exact) mass is 293 g/mol. The number of anilines is 2. The minimum Gasteiger partial charge on any atom is -0.461 e. The van der Waals surface area contributed by atoms with Crippen LogP contribution in [0.5, 0.6) is 6.01 Å². The average Bonchev–Trinajstić information content (AvgIpc) is 2.37. The van der Waals surface area contributed by atoms with Crippen molar-refractivity contribution in [3.05, 3.63) is 0 Å². The van der Waals surface area contributed by atoms with E-state index in [0.717, 1.165) is 12.5 Å². The maximum absolute atomic E-state index is 5.61. The Hall–Kier alpha value is -1.59. The molecule has 1 aliphatic carbocycles. The molecule has 2 atom stereocenters. The van der Waals surface area contributed by atoms with Crippen LogP contribution < -0.4 is 15.4 Å². The van der Waals surface area contributed by atoms with Crippen molar-refractivity contribution in [2.45, 2.75) is 65.5 Å². The van der Waals surface area contributed by atoms with E-state index in [1.54, 1.807) is 0 Å². The van der Waals surface area contributed by atoms with Crippen LogP contribution in [0.2, 0.25) is 0 Å². The molecule has 0 aliphatic heterocycles. The molecular weight excluding hydrogens is 266 g/mol. The van der Waals surface area contributed by atoms with Crippen LogP contribution in [0, 0.1) is 5.92 Å². The van der Waals surface area contributed by atoms with E-state index in [2.05, 4.69) is 32.5 Å². The third-order valence-corrected chi connectivity index (χ3v) is 3.56. The zero-order valence-electron chi connectivity index (χ0n) is 13.5. The van der Waals surface area contributed by atoms with E-state index in [9.17, 15) is 0 Å². The molecule has 6 heteroatoms. The van der Waals surface area contributed by atoms with Gasteiger partial charge in [0.15, 0.2) is 0 Å². The van der Waals surface area contributed by atoms with Crippen LogP contribution in [0.4, 0.5) is 11.9 Å². The van der Waals surface area contributed by atoms with Crippen molar-refractivity contribution in [1.82, 2.24) is 15.0 Å². The Morgan fingerprint density at radius 1 is 1.19 bits per heavy atom. The predicted molar refractivity (Wildman–Crippen MR) is 84.8 cm³/mol. The molecule has 2 unspecified atom stereocenters. The van der Waals surface area contributed by atoms with E-state index in [0.29, 0.717) is 23.9 Å². The van der Waals surface area contributed by atoms with Gasteiger partial charge in [0.05, 0.1) is 6.10 Å². The van der Waals surface area contributed by atoms with Gasteiger partial charge in [0.1, 0.15) is 0 Å². The third kappa shape index (κ3) is 5.02. The Morgan fingerprint density at radius 3 is 2.62 bits per heavy atom. The second-order valence-corrected chi connectivity index (χ2v) is 6.08. The molecule has 1 heterocycles. The first-order valence-corrected chi connectivity index (χ1v) is 8.00. The topological polar surface area (TPSA) is 72.0 Å². The fraction of sp³-hybridized carbons (Fsp3) is 0.800. The average molecular weight is 293 g/mol. The Morgan fingerprint density at radius 2 is 1.95 bits per heavy atom. The standard InChI is InChI=1S/C15H27N5O/c1-5-16-13-18-14(20-15(19-13)21-10(2)3)17-12-8-6-7-11(4)9-12/h10-12H,5-9H2,1-4H3,(H2,16,17,18,19,20). The van der Waals surface area contributed by atoms with Gasteiger partial charge in [0, 0.05) is 12.6 Å². The number of ether oxygens (including phenoxy) is 1. The van der Waals surface area contributed by atoms with Crippen molar-refractivity contribution in [3.63, 3.8) is 0 Å². The molecule has 6 nitrogen and oxygen atoms in total. The second-order valence-electron chi connectivity index (χ2n) is 6.08. The van der Waals surface area contributed by atoms with Crippen molar-refractivity contribution in [2.24, 2.45) is 5.92 Å². The molecule has 0 saturated heterocycles. The zero-order valence-corrected chi connectivity index (χ0v) is 13.5. The molecule has 118 valence electrons. The van der Waals surface area contributed by atoms with E-state index in [1.165, 1.54) is 25.7 Å². The summed E-state index contributed by atoms with van der Waals surface area (Å²) in [5, 5.41) is 6.57. The maximum atomic E-state index is 5.61. The highest BCUT2D eigenvalue weighted by atomic mass is 16.5. The summed E-state index contributed by atoms with van der Waals surface area (Å²) in [5.74, 6) is 1.93. The fourth-order valence-corrected chi connectivity index (χ4v) is 2.67. The lowest BCUT2D eigenvalue weighted by Gasteiger charge is -2.27. The normalized spacial score (nSPS) is 22.1. The zero-order chi connectivity index (χ0) is 15.2. The summed E-state index contributed by atoms with van der Waals surface area (Å²) in [5.41, 5.74) is 0. The predicted octanol–water partition coefficient (Wildman–Crippen LogP) is 3.08. The maximum Gasteiger partial charge on any atom is 0.323 e. The minimum absolute atomic E-state index is 0.0458. The van der Waals surface area contributed by atoms with E-state index in [1.807, 2.05) is 20.8 Å². The number of rotatable bonds is 6. The molecule has 1 aromatic heterocycles. The van der Waals surface area contributed by atoms with Crippen LogP contribution in [0.3, 0.4) is 0 Å². The van der Waals surface area contributed by atoms with Crippen LogP contribution in [0.1, 0.15) is 53.4 Å². The fourth-order valence-electron chi connectivity index (χ4n) is 2.67. The Balaban J connectivity index is 2.10. The molecule has 0 amide bonds. The quantitative estimate of drug-likeness (QED) is 0.840. The van der Waals surface area contributed by atoms with Crippen molar-refractivity contribution in [1.29, 1.82) is 0 Å². The molecule has 0 bridgehead atoms. The highest BCUT2D eigenvalue weighted by molar-refractivity contribution is 5.36. The van der Waals surface area contributed by atoms with Crippen molar-refractivity contribution in [3.8, 4) is 6.01 Å². The summed E-state index contributed by atoms with van der Waals surface area (Å²) in [6.45, 7) is 9.02. The molecule has 0 spiro atoms. The second kappa shape index (κ2) is 7.43. The van der Waals surface area contributed by atoms with Gasteiger partial charge >= 0.3 is 6.01 Å². The van der Waals surface area contributed by atoms with Crippen LogP contribution in [-0.4, -0.2) is 33.6 Å². The first-order chi connectivity index (χ1) is 10.1. The number of aromatic nitrogens is 3. The molecule has 2 N–H and O–H groups in total. The Kier molecular flexibility index (Phi) is 5.59. The molecule has 0 radical (unpaired) electrons. The molecule has 1 saturated carbocycles. The van der Waals surface area contributed by atoms with E-state index < -0.39 is 0 Å². The van der Waals surface area contributed by atoms with Crippen LogP contribution in [0.25, 0.3) is 0 Å². The summed E-state index contributed by atoms with van der Waals surface area (Å²) in [6.07, 6.45) is 4.97. The summed E-state index contributed by atoms with van der Waals surface area (Å²) in [7, 11) is 0. The molecule has 0 aromatic carbocycles. The summed E-state index contributed by atoms with van der Waals surface area (Å²) < 4.78 is 5.61.